The van der Waals surface area contributed by atoms with Crippen molar-refractivity contribution in [2.24, 2.45) is 0 Å². The van der Waals surface area contributed by atoms with Gasteiger partial charge in [-0.05, 0) is 41.8 Å². The van der Waals surface area contributed by atoms with Crippen LogP contribution in [0.1, 0.15) is 24.0 Å². The van der Waals surface area contributed by atoms with Gasteiger partial charge in [0.05, 0.1) is 0 Å². The van der Waals surface area contributed by atoms with Crippen LogP contribution in [0.4, 0.5) is 26.3 Å². The van der Waals surface area contributed by atoms with Gasteiger partial charge in [0.15, 0.2) is 0 Å². The number of amides is 1. The maximum Gasteiger partial charge on any atom is 0.411 e. The van der Waals surface area contributed by atoms with Crippen molar-refractivity contribution in [1.82, 2.24) is 4.90 Å². The first-order valence-electron chi connectivity index (χ1n) is 8.77. The molecule has 0 saturated carbocycles. The number of phenols is 2. The molecule has 4 nitrogen and oxygen atoms in total. The molecule has 3 rings (SSSR count). The molecule has 0 radical (unpaired) electrons. The Hall–Kier alpha value is -2.91. The summed E-state index contributed by atoms with van der Waals surface area (Å²) in [4.78, 5) is 12.3. The zero-order valence-corrected chi connectivity index (χ0v) is 15.8. The number of hydrogen-bond donors (Lipinski definition) is 2. The molecule has 0 bridgehead atoms. The molecule has 0 spiro atoms. The monoisotopic (exact) mass is 435 g/mol. The van der Waals surface area contributed by atoms with E-state index in [9.17, 15) is 31.1 Å². The number of likely N-dealkylation sites (tertiary alicyclic amines) is 1. The largest absolute Gasteiger partial charge is 0.508 e. The molecule has 0 atom stereocenters. The summed E-state index contributed by atoms with van der Waals surface area (Å²) in [7, 11) is 1.84. The molecule has 1 saturated heterocycles. The van der Waals surface area contributed by atoms with Crippen molar-refractivity contribution >= 4 is 5.91 Å². The second-order valence-corrected chi connectivity index (χ2v) is 6.76. The van der Waals surface area contributed by atoms with E-state index >= 15 is 0 Å². The van der Waals surface area contributed by atoms with Gasteiger partial charge < -0.3 is 15.1 Å². The Bertz CT molecular complexity index is 799. The average Bonchev–Trinajstić information content (AvgIpc) is 3.00. The third-order valence-corrected chi connectivity index (χ3v) is 4.76. The first-order valence-corrected chi connectivity index (χ1v) is 8.77. The Morgan fingerprint density at radius 2 is 1.13 bits per heavy atom. The number of phenolic OH excluding ortho intramolecular Hbond substituents is 2. The highest BCUT2D eigenvalue weighted by Gasteiger charge is 2.72. The molecule has 1 aliphatic heterocycles. The van der Waals surface area contributed by atoms with Gasteiger partial charge in [-0.2, -0.15) is 26.3 Å². The van der Waals surface area contributed by atoms with Crippen LogP contribution < -0.4 is 0 Å². The summed E-state index contributed by atoms with van der Waals surface area (Å²) in [6.07, 6.45) is -9.58. The molecule has 10 heteroatoms. The van der Waals surface area contributed by atoms with Crippen LogP contribution in [-0.2, 0) is 10.2 Å². The Morgan fingerprint density at radius 1 is 0.767 bits per heavy atom. The van der Waals surface area contributed by atoms with Gasteiger partial charge in [0.25, 0.3) is 0 Å². The van der Waals surface area contributed by atoms with E-state index in [0.29, 0.717) is 30.2 Å². The number of halogens is 6. The van der Waals surface area contributed by atoms with Crippen molar-refractivity contribution in [2.45, 2.75) is 30.6 Å². The number of nitrogens with zero attached hydrogens (tertiary/aromatic N) is 1. The zero-order chi connectivity index (χ0) is 22.7. The SMILES string of the molecule is CN1CCCC1=O.Oc1ccc(C(c2ccc(O)cc2)(C(F)(F)F)C(F)(F)F)cc1. The van der Waals surface area contributed by atoms with E-state index in [1.54, 1.807) is 4.90 Å². The highest BCUT2D eigenvalue weighted by Crippen LogP contribution is 2.56. The third-order valence-electron chi connectivity index (χ3n) is 4.76. The van der Waals surface area contributed by atoms with Crippen LogP contribution in [0.5, 0.6) is 11.5 Å². The Balaban J connectivity index is 0.000000386. The molecule has 2 N–H and O–H groups in total. The zero-order valence-electron chi connectivity index (χ0n) is 15.8. The van der Waals surface area contributed by atoms with Crippen LogP contribution in [0.3, 0.4) is 0 Å². The summed E-state index contributed by atoms with van der Waals surface area (Å²) in [6.45, 7) is 0.957. The van der Waals surface area contributed by atoms with Crippen molar-refractivity contribution in [1.29, 1.82) is 0 Å². The van der Waals surface area contributed by atoms with Crippen LogP contribution in [0.25, 0.3) is 0 Å². The summed E-state index contributed by atoms with van der Waals surface area (Å²) >= 11 is 0. The molecule has 30 heavy (non-hydrogen) atoms. The summed E-state index contributed by atoms with van der Waals surface area (Å²) in [5, 5.41) is 18.3. The van der Waals surface area contributed by atoms with E-state index in [4.69, 9.17) is 10.2 Å². The minimum absolute atomic E-state index is 0.292. The molecular formula is C20H19F6NO3. The molecule has 1 aliphatic rings. The molecule has 1 fully saturated rings. The third kappa shape index (κ3) is 4.47. The van der Waals surface area contributed by atoms with Gasteiger partial charge >= 0.3 is 12.4 Å². The number of carbonyl (C=O) groups excluding carboxylic acids is 1. The van der Waals surface area contributed by atoms with Gasteiger partial charge in [0, 0.05) is 20.0 Å². The Morgan fingerprint density at radius 3 is 1.33 bits per heavy atom. The summed E-state index contributed by atoms with van der Waals surface area (Å²) in [5.41, 5.74) is -6.44. The quantitative estimate of drug-likeness (QED) is 0.670. The summed E-state index contributed by atoms with van der Waals surface area (Å²) in [6, 6.07) is 5.30. The minimum atomic E-state index is -5.70. The van der Waals surface area contributed by atoms with Crippen LogP contribution in [-0.4, -0.2) is 47.0 Å². The Labute approximate surface area is 168 Å². The van der Waals surface area contributed by atoms with Crippen molar-refractivity contribution < 1.29 is 41.4 Å². The van der Waals surface area contributed by atoms with Gasteiger partial charge in [-0.15, -0.1) is 0 Å². The standard InChI is InChI=1S/C15H10F6O2.C5H9NO/c16-14(17,18)13(15(19,20)21,9-1-5-11(22)6-2-9)10-3-7-12(23)8-4-10;1-6-4-2-3-5(6)7/h1-8,22-23H;2-4H2,1H3. The Kier molecular flexibility index (Phi) is 6.58. The second kappa shape index (κ2) is 8.45. The van der Waals surface area contributed by atoms with Gasteiger partial charge in [-0.3, -0.25) is 4.79 Å². The van der Waals surface area contributed by atoms with Crippen LogP contribution in [0.2, 0.25) is 0 Å². The fourth-order valence-electron chi connectivity index (χ4n) is 3.19. The van der Waals surface area contributed by atoms with Gasteiger partial charge in [0.2, 0.25) is 11.3 Å². The summed E-state index contributed by atoms with van der Waals surface area (Å²) in [5.74, 6) is -0.629. The number of benzene rings is 2. The lowest BCUT2D eigenvalue weighted by Gasteiger charge is -2.38. The van der Waals surface area contributed by atoms with Gasteiger partial charge in [-0.1, -0.05) is 24.3 Å². The van der Waals surface area contributed by atoms with Crippen LogP contribution >= 0.6 is 0 Å². The van der Waals surface area contributed by atoms with Crippen LogP contribution in [0, 0.1) is 0 Å². The maximum atomic E-state index is 13.6. The molecule has 0 unspecified atom stereocenters. The second-order valence-electron chi connectivity index (χ2n) is 6.76. The van der Waals surface area contributed by atoms with Crippen molar-refractivity contribution in [3.05, 3.63) is 59.7 Å². The van der Waals surface area contributed by atoms with Gasteiger partial charge in [-0.25, -0.2) is 0 Å². The molecular weight excluding hydrogens is 416 g/mol. The summed E-state index contributed by atoms with van der Waals surface area (Å²) < 4.78 is 81.6. The normalized spacial score (nSPS) is 15.0. The van der Waals surface area contributed by atoms with Gasteiger partial charge in [0.1, 0.15) is 11.5 Å². The van der Waals surface area contributed by atoms with E-state index in [1.807, 2.05) is 7.05 Å². The topological polar surface area (TPSA) is 60.8 Å². The lowest BCUT2D eigenvalue weighted by Crippen LogP contribution is -2.54. The predicted octanol–water partition coefficient (Wildman–Crippen LogP) is 4.75. The minimum Gasteiger partial charge on any atom is -0.508 e. The highest BCUT2D eigenvalue weighted by atomic mass is 19.4. The van der Waals surface area contributed by atoms with E-state index in [0.717, 1.165) is 43.7 Å². The fraction of sp³-hybridized carbons (Fsp3) is 0.350. The molecule has 2 aromatic rings. The number of aromatic hydroxyl groups is 2. The van der Waals surface area contributed by atoms with E-state index in [-0.39, 0.29) is 0 Å². The molecule has 1 heterocycles. The maximum absolute atomic E-state index is 13.6. The van der Waals surface area contributed by atoms with Crippen molar-refractivity contribution in [2.75, 3.05) is 13.6 Å². The molecule has 0 aromatic heterocycles. The number of rotatable bonds is 2. The molecule has 1 amide bonds. The fourth-order valence-corrected chi connectivity index (χ4v) is 3.19. The first kappa shape index (κ1) is 23.4. The molecule has 2 aromatic carbocycles. The number of alkyl halides is 6. The molecule has 164 valence electrons. The van der Waals surface area contributed by atoms with Crippen molar-refractivity contribution in [3.63, 3.8) is 0 Å². The first-order chi connectivity index (χ1) is 13.8. The number of carbonyl (C=O) groups is 1. The van der Waals surface area contributed by atoms with E-state index < -0.39 is 40.4 Å². The lowest BCUT2D eigenvalue weighted by molar-refractivity contribution is -0.288. The number of hydrogen-bond acceptors (Lipinski definition) is 3. The lowest BCUT2D eigenvalue weighted by atomic mass is 9.73. The smallest absolute Gasteiger partial charge is 0.411 e. The van der Waals surface area contributed by atoms with E-state index in [1.165, 1.54) is 0 Å². The predicted molar refractivity (Wildman–Crippen MR) is 96.0 cm³/mol. The van der Waals surface area contributed by atoms with Crippen LogP contribution in [0.15, 0.2) is 48.5 Å². The highest BCUT2D eigenvalue weighted by molar-refractivity contribution is 5.77. The van der Waals surface area contributed by atoms with E-state index in [2.05, 4.69) is 0 Å². The average molecular weight is 435 g/mol. The van der Waals surface area contributed by atoms with Crippen molar-refractivity contribution in [3.8, 4) is 11.5 Å². The molecule has 0 aliphatic carbocycles.